The van der Waals surface area contributed by atoms with Gasteiger partial charge in [0.25, 0.3) is 0 Å². The first kappa shape index (κ1) is 17.3. The van der Waals surface area contributed by atoms with Gasteiger partial charge in [0.1, 0.15) is 11.5 Å². The summed E-state index contributed by atoms with van der Waals surface area (Å²) in [4.78, 5) is 11.9. The van der Waals surface area contributed by atoms with E-state index in [1.807, 2.05) is 55.5 Å². The Labute approximate surface area is 142 Å². The van der Waals surface area contributed by atoms with E-state index in [9.17, 15) is 4.79 Å². The first-order chi connectivity index (χ1) is 11.7. The van der Waals surface area contributed by atoms with Crippen molar-refractivity contribution in [3.8, 4) is 22.6 Å². The lowest BCUT2D eigenvalue weighted by atomic mass is 10.0. The molecular weight excluding hydrogens is 302 g/mol. The summed E-state index contributed by atoms with van der Waals surface area (Å²) in [5.41, 5.74) is 2.58. The molecule has 0 saturated carbocycles. The second-order valence-corrected chi connectivity index (χ2v) is 5.02. The van der Waals surface area contributed by atoms with Crippen LogP contribution in [0.25, 0.3) is 11.1 Å². The Kier molecular flexibility index (Phi) is 6.20. The minimum absolute atomic E-state index is 0.182. The van der Waals surface area contributed by atoms with Crippen molar-refractivity contribution in [2.24, 2.45) is 0 Å². The van der Waals surface area contributed by atoms with Crippen LogP contribution in [0.15, 0.2) is 66.8 Å². The van der Waals surface area contributed by atoms with E-state index in [0.29, 0.717) is 5.69 Å². The van der Waals surface area contributed by atoms with E-state index >= 15 is 0 Å². The molecule has 0 aliphatic carbocycles. The maximum atomic E-state index is 11.9. The third-order valence-corrected chi connectivity index (χ3v) is 3.42. The lowest BCUT2D eigenvalue weighted by Gasteiger charge is -2.12. The molecular formula is C20H21NO3. The zero-order valence-electron chi connectivity index (χ0n) is 14.1. The van der Waals surface area contributed by atoms with Gasteiger partial charge < -0.3 is 14.8 Å². The molecule has 0 atom stereocenters. The molecule has 0 fully saturated rings. The van der Waals surface area contributed by atoms with Crippen LogP contribution in [0.3, 0.4) is 0 Å². The summed E-state index contributed by atoms with van der Waals surface area (Å²) in [5, 5.41) is 2.84. The van der Waals surface area contributed by atoms with Crippen LogP contribution in [0, 0.1) is 0 Å². The van der Waals surface area contributed by atoms with E-state index in [0.717, 1.165) is 22.6 Å². The summed E-state index contributed by atoms with van der Waals surface area (Å²) in [6.07, 6.45) is 6.84. The Bertz CT molecular complexity index is 746. The zero-order valence-corrected chi connectivity index (χ0v) is 14.1. The van der Waals surface area contributed by atoms with Gasteiger partial charge in [0.05, 0.1) is 14.2 Å². The number of anilines is 1. The van der Waals surface area contributed by atoms with E-state index in [4.69, 9.17) is 9.47 Å². The topological polar surface area (TPSA) is 47.6 Å². The van der Waals surface area contributed by atoms with E-state index in [1.165, 1.54) is 6.08 Å². The molecule has 1 amide bonds. The van der Waals surface area contributed by atoms with Crippen LogP contribution < -0.4 is 14.8 Å². The third-order valence-electron chi connectivity index (χ3n) is 3.42. The monoisotopic (exact) mass is 323 g/mol. The number of amides is 1. The van der Waals surface area contributed by atoms with Crippen LogP contribution in [0.5, 0.6) is 11.5 Å². The molecule has 0 radical (unpaired) electrons. The first-order valence-electron chi connectivity index (χ1n) is 7.60. The van der Waals surface area contributed by atoms with E-state index < -0.39 is 0 Å². The maximum Gasteiger partial charge on any atom is 0.248 e. The van der Waals surface area contributed by atoms with Crippen molar-refractivity contribution in [1.29, 1.82) is 0 Å². The fourth-order valence-corrected chi connectivity index (χ4v) is 2.22. The largest absolute Gasteiger partial charge is 0.497 e. The number of methoxy groups -OCH3 is 2. The van der Waals surface area contributed by atoms with Gasteiger partial charge in [-0.1, -0.05) is 30.4 Å². The van der Waals surface area contributed by atoms with Gasteiger partial charge in [0, 0.05) is 17.3 Å². The highest BCUT2D eigenvalue weighted by atomic mass is 16.5. The minimum atomic E-state index is -0.182. The number of hydrogen-bond acceptors (Lipinski definition) is 3. The van der Waals surface area contributed by atoms with Crippen molar-refractivity contribution >= 4 is 11.6 Å². The summed E-state index contributed by atoms with van der Waals surface area (Å²) in [6, 6.07) is 13.2. The second-order valence-electron chi connectivity index (χ2n) is 5.02. The van der Waals surface area contributed by atoms with Gasteiger partial charge in [-0.3, -0.25) is 4.79 Å². The zero-order chi connectivity index (χ0) is 17.4. The van der Waals surface area contributed by atoms with Crippen LogP contribution in [0.4, 0.5) is 5.69 Å². The molecule has 4 nitrogen and oxygen atoms in total. The molecule has 2 rings (SSSR count). The van der Waals surface area contributed by atoms with Crippen LogP contribution in [-0.4, -0.2) is 20.1 Å². The van der Waals surface area contributed by atoms with Crippen molar-refractivity contribution in [2.75, 3.05) is 19.5 Å². The molecule has 2 aromatic rings. The predicted molar refractivity (Wildman–Crippen MR) is 97.6 cm³/mol. The molecule has 0 heterocycles. The van der Waals surface area contributed by atoms with E-state index in [2.05, 4.69) is 5.32 Å². The Morgan fingerprint density at radius 3 is 2.38 bits per heavy atom. The molecule has 0 unspecified atom stereocenters. The molecule has 24 heavy (non-hydrogen) atoms. The van der Waals surface area contributed by atoms with Crippen LogP contribution >= 0.6 is 0 Å². The van der Waals surface area contributed by atoms with Gasteiger partial charge in [-0.05, 0) is 42.8 Å². The van der Waals surface area contributed by atoms with Crippen LogP contribution in [-0.2, 0) is 4.79 Å². The number of hydrogen-bond donors (Lipinski definition) is 1. The molecule has 0 aliphatic heterocycles. The van der Waals surface area contributed by atoms with Gasteiger partial charge in [0.15, 0.2) is 0 Å². The number of carbonyl (C=O) groups is 1. The van der Waals surface area contributed by atoms with Gasteiger partial charge in [-0.2, -0.15) is 0 Å². The number of nitrogens with one attached hydrogen (secondary N) is 1. The fourth-order valence-electron chi connectivity index (χ4n) is 2.22. The average Bonchev–Trinajstić information content (AvgIpc) is 2.62. The van der Waals surface area contributed by atoms with Gasteiger partial charge in [0.2, 0.25) is 5.91 Å². The average molecular weight is 323 g/mol. The van der Waals surface area contributed by atoms with Gasteiger partial charge in [-0.25, -0.2) is 0 Å². The molecule has 0 aromatic heterocycles. The SMILES string of the molecule is C/C=C/C=C/C(=O)Nc1ccc(OC)c(-c2ccc(OC)cc2)c1. The van der Waals surface area contributed by atoms with Crippen LogP contribution in [0.2, 0.25) is 0 Å². The van der Waals surface area contributed by atoms with Crippen molar-refractivity contribution in [3.63, 3.8) is 0 Å². The van der Waals surface area contributed by atoms with Crippen molar-refractivity contribution in [2.45, 2.75) is 6.92 Å². The normalized spacial score (nSPS) is 11.0. The Morgan fingerprint density at radius 1 is 1.00 bits per heavy atom. The summed E-state index contributed by atoms with van der Waals surface area (Å²) >= 11 is 0. The lowest BCUT2D eigenvalue weighted by Crippen LogP contribution is -2.07. The lowest BCUT2D eigenvalue weighted by molar-refractivity contribution is -0.111. The number of benzene rings is 2. The fraction of sp³-hybridized carbons (Fsp3) is 0.150. The molecule has 2 aromatic carbocycles. The van der Waals surface area contributed by atoms with Crippen molar-refractivity contribution in [3.05, 3.63) is 66.8 Å². The highest BCUT2D eigenvalue weighted by molar-refractivity contribution is 6.00. The molecule has 4 heteroatoms. The Balaban J connectivity index is 2.28. The number of carbonyl (C=O) groups excluding carboxylic acids is 1. The minimum Gasteiger partial charge on any atom is -0.497 e. The van der Waals surface area contributed by atoms with E-state index in [-0.39, 0.29) is 5.91 Å². The number of rotatable bonds is 6. The number of allylic oxidation sites excluding steroid dienone is 3. The summed E-state index contributed by atoms with van der Waals surface area (Å²) in [5.74, 6) is 1.35. The quantitative estimate of drug-likeness (QED) is 0.631. The van der Waals surface area contributed by atoms with E-state index in [1.54, 1.807) is 26.4 Å². The summed E-state index contributed by atoms with van der Waals surface area (Å²) < 4.78 is 10.6. The smallest absolute Gasteiger partial charge is 0.248 e. The Morgan fingerprint density at radius 2 is 1.75 bits per heavy atom. The molecule has 0 bridgehead atoms. The van der Waals surface area contributed by atoms with Crippen LogP contribution in [0.1, 0.15) is 6.92 Å². The molecule has 0 aliphatic rings. The summed E-state index contributed by atoms with van der Waals surface area (Å²) in [7, 11) is 3.26. The van der Waals surface area contributed by atoms with Gasteiger partial charge in [-0.15, -0.1) is 0 Å². The third kappa shape index (κ3) is 4.49. The predicted octanol–water partition coefficient (Wildman–Crippen LogP) is 4.44. The van der Waals surface area contributed by atoms with Crippen molar-refractivity contribution < 1.29 is 14.3 Å². The molecule has 1 N–H and O–H groups in total. The standard InChI is InChI=1S/C20H21NO3/c1-4-5-6-7-20(22)21-16-10-13-19(24-3)18(14-16)15-8-11-17(23-2)12-9-15/h4-14H,1-3H3,(H,21,22)/b5-4+,7-6+. The van der Waals surface area contributed by atoms with Gasteiger partial charge >= 0.3 is 0 Å². The molecule has 0 spiro atoms. The molecule has 0 saturated heterocycles. The Hall–Kier alpha value is -3.01. The summed E-state index contributed by atoms with van der Waals surface area (Å²) in [6.45, 7) is 1.90. The maximum absolute atomic E-state index is 11.9. The number of ether oxygens (including phenoxy) is 2. The second kappa shape index (κ2) is 8.58. The first-order valence-corrected chi connectivity index (χ1v) is 7.60. The molecule has 124 valence electrons. The van der Waals surface area contributed by atoms with Crippen molar-refractivity contribution in [1.82, 2.24) is 0 Å². The highest BCUT2D eigenvalue weighted by Gasteiger charge is 2.08. The highest BCUT2D eigenvalue weighted by Crippen LogP contribution is 2.33.